The zero-order valence-corrected chi connectivity index (χ0v) is 9.59. The summed E-state index contributed by atoms with van der Waals surface area (Å²) in [6, 6.07) is 0. The fourth-order valence-electron chi connectivity index (χ4n) is 0. The molecule has 0 heterocycles. The van der Waals surface area contributed by atoms with Gasteiger partial charge in [-0.2, -0.15) is 0 Å². The third-order valence-electron chi connectivity index (χ3n) is 0. The van der Waals surface area contributed by atoms with E-state index in [1.165, 1.54) is 0 Å². The summed E-state index contributed by atoms with van der Waals surface area (Å²) in [5.41, 5.74) is 0. The smallest absolute Gasteiger partial charge is 0 e. The predicted octanol–water partition coefficient (Wildman–Crippen LogP) is -0.0100. The molecule has 0 nitrogen and oxygen atoms in total. The van der Waals surface area contributed by atoms with Gasteiger partial charge < -0.3 is 0 Å². The van der Waals surface area contributed by atoms with Crippen molar-refractivity contribution in [3.8, 4) is 0 Å². The average Bonchev–Trinajstić information content (AvgIpc) is 0. The summed E-state index contributed by atoms with van der Waals surface area (Å²) >= 11 is 0. The van der Waals surface area contributed by atoms with Gasteiger partial charge in [0.05, 0.1) is 0 Å². The van der Waals surface area contributed by atoms with E-state index in [-0.39, 0.29) is 87.5 Å². The van der Waals surface area contributed by atoms with Gasteiger partial charge in [0.25, 0.3) is 0 Å². The van der Waals surface area contributed by atoms with E-state index in [2.05, 4.69) is 0 Å². The van der Waals surface area contributed by atoms with Crippen LogP contribution in [0.4, 0.5) is 0 Å². The second kappa shape index (κ2) is 16.9. The molecule has 0 aliphatic rings. The first-order valence-electron chi connectivity index (χ1n) is 0. The Labute approximate surface area is 86.0 Å². The molecule has 36 valence electrons. The van der Waals surface area contributed by atoms with Crippen LogP contribution in [-0.4, -0.2) is 0 Å². The van der Waals surface area contributed by atoms with Crippen LogP contribution in [0.3, 0.4) is 0 Å². The Kier molecular flexibility index (Phi) is 121. The second-order valence-corrected chi connectivity index (χ2v) is 0. The van der Waals surface area contributed by atoms with Gasteiger partial charge in [-0.05, 0) is 0 Å². The van der Waals surface area contributed by atoms with Gasteiger partial charge in [-0.3, -0.25) is 0 Å². The van der Waals surface area contributed by atoms with E-state index in [0.717, 1.165) is 0 Å². The molecule has 2 radical (unpaired) electrons. The van der Waals surface area contributed by atoms with Crippen LogP contribution >= 0.6 is 0 Å². The Hall–Kier alpha value is 2.88. The molecular formula is Au2PtTi. The topological polar surface area (TPSA) is 0 Å². The van der Waals surface area contributed by atoms with Crippen molar-refractivity contribution in [1.82, 2.24) is 0 Å². The van der Waals surface area contributed by atoms with Crippen molar-refractivity contribution in [2.24, 2.45) is 0 Å². The molecule has 0 atom stereocenters. The second-order valence-electron chi connectivity index (χ2n) is 0. The van der Waals surface area contributed by atoms with Crippen molar-refractivity contribution in [3.05, 3.63) is 0 Å². The summed E-state index contributed by atoms with van der Waals surface area (Å²) in [5.74, 6) is 0. The van der Waals surface area contributed by atoms with Gasteiger partial charge >= 0.3 is 0 Å². The maximum atomic E-state index is 0. The minimum Gasteiger partial charge on any atom is 0 e. The van der Waals surface area contributed by atoms with E-state index in [4.69, 9.17) is 0 Å². The van der Waals surface area contributed by atoms with E-state index >= 15 is 0 Å². The molecule has 0 aliphatic carbocycles. The fraction of sp³-hybridized carbons (Fsp3) is 0. The largest absolute Gasteiger partial charge is 0 e. The molecule has 0 saturated heterocycles. The summed E-state index contributed by atoms with van der Waals surface area (Å²) in [7, 11) is 0. The molecule has 0 fully saturated rings. The molecule has 0 aromatic rings. The van der Waals surface area contributed by atoms with Gasteiger partial charge in [-0.1, -0.05) is 0 Å². The quantitative estimate of drug-likeness (QED) is 0.329. The number of hydrogen-bond acceptors (Lipinski definition) is 0. The Morgan fingerprint density at radius 2 is 0.750 bits per heavy atom. The minimum atomic E-state index is 0. The monoisotopic (exact) mass is 637 g/mol. The Balaban J connectivity index is 0. The Bertz CT molecular complexity index is 6.00. The minimum absolute atomic E-state index is 0. The third-order valence-corrected chi connectivity index (χ3v) is 0. The van der Waals surface area contributed by atoms with E-state index in [1.54, 1.807) is 0 Å². The third kappa shape index (κ3) is 8.86. The van der Waals surface area contributed by atoms with Crippen LogP contribution in [0.1, 0.15) is 0 Å². The molecule has 4 heavy (non-hydrogen) atoms. The molecule has 0 amide bonds. The zero-order chi connectivity index (χ0) is 0. The summed E-state index contributed by atoms with van der Waals surface area (Å²) < 4.78 is 0. The SMILES string of the molecule is [Au].[Au].[Pt].[Ti]. The van der Waals surface area contributed by atoms with Crippen molar-refractivity contribution in [2.45, 2.75) is 0 Å². The average molecular weight is 637 g/mol. The van der Waals surface area contributed by atoms with Crippen LogP contribution in [0.2, 0.25) is 0 Å². The molecule has 0 aromatic carbocycles. The van der Waals surface area contributed by atoms with Crippen LogP contribution in [0.5, 0.6) is 0 Å². The molecule has 0 bridgehead atoms. The summed E-state index contributed by atoms with van der Waals surface area (Å²) in [6.07, 6.45) is 0. The molecular weight excluding hydrogens is 637 g/mol. The molecule has 0 aliphatic heterocycles. The Morgan fingerprint density at radius 1 is 0.750 bits per heavy atom. The fourth-order valence-corrected chi connectivity index (χ4v) is 0. The van der Waals surface area contributed by atoms with Gasteiger partial charge in [0, 0.05) is 87.5 Å². The van der Waals surface area contributed by atoms with Crippen molar-refractivity contribution in [1.29, 1.82) is 0 Å². The van der Waals surface area contributed by atoms with Gasteiger partial charge in [0.15, 0.2) is 0 Å². The number of rotatable bonds is 0. The van der Waals surface area contributed by atoms with E-state index in [1.807, 2.05) is 0 Å². The van der Waals surface area contributed by atoms with Crippen LogP contribution in [0.25, 0.3) is 0 Å². The zero-order valence-electron chi connectivity index (χ0n) is 1.42. The molecule has 0 rings (SSSR count). The summed E-state index contributed by atoms with van der Waals surface area (Å²) in [4.78, 5) is 0. The van der Waals surface area contributed by atoms with Crippen molar-refractivity contribution < 1.29 is 87.5 Å². The maximum Gasteiger partial charge on any atom is 0 e. The standard InChI is InChI=1S/2Au.Pt.Ti. The van der Waals surface area contributed by atoms with Gasteiger partial charge in [0.2, 0.25) is 0 Å². The molecule has 0 saturated carbocycles. The Morgan fingerprint density at radius 3 is 0.750 bits per heavy atom. The normalized spacial score (nSPS) is 0. The predicted molar refractivity (Wildman–Crippen MR) is 0 cm³/mol. The van der Waals surface area contributed by atoms with Crippen LogP contribution in [0.15, 0.2) is 0 Å². The summed E-state index contributed by atoms with van der Waals surface area (Å²) in [5, 5.41) is 0. The van der Waals surface area contributed by atoms with E-state index in [0.29, 0.717) is 0 Å². The number of hydrogen-bond donors (Lipinski definition) is 0. The van der Waals surface area contributed by atoms with Gasteiger partial charge in [-0.15, -0.1) is 0 Å². The van der Waals surface area contributed by atoms with Crippen molar-refractivity contribution in [3.63, 3.8) is 0 Å². The van der Waals surface area contributed by atoms with Crippen LogP contribution < -0.4 is 0 Å². The first kappa shape index (κ1) is 28.7. The van der Waals surface area contributed by atoms with Crippen molar-refractivity contribution >= 4 is 0 Å². The summed E-state index contributed by atoms with van der Waals surface area (Å²) in [6.45, 7) is 0. The molecule has 4 heteroatoms. The van der Waals surface area contributed by atoms with Gasteiger partial charge in [-0.25, -0.2) is 0 Å². The van der Waals surface area contributed by atoms with E-state index in [9.17, 15) is 0 Å². The van der Waals surface area contributed by atoms with Crippen LogP contribution in [0, 0.1) is 0 Å². The first-order chi connectivity index (χ1) is 0. The molecule has 0 spiro atoms. The molecule has 0 aromatic heterocycles. The molecule has 0 N–H and O–H groups in total. The maximum absolute atomic E-state index is 0. The molecule has 0 unspecified atom stereocenters. The van der Waals surface area contributed by atoms with Gasteiger partial charge in [0.1, 0.15) is 0 Å². The first-order valence-corrected chi connectivity index (χ1v) is 0. The van der Waals surface area contributed by atoms with Crippen molar-refractivity contribution in [2.75, 3.05) is 0 Å². The van der Waals surface area contributed by atoms with Crippen LogP contribution in [-0.2, 0) is 87.5 Å². The van der Waals surface area contributed by atoms with E-state index < -0.39 is 0 Å².